The van der Waals surface area contributed by atoms with Gasteiger partial charge in [-0.2, -0.15) is 0 Å². The van der Waals surface area contributed by atoms with E-state index >= 15 is 0 Å². The Hall–Kier alpha value is -2.85. The highest BCUT2D eigenvalue weighted by atomic mass is 35.5. The average Bonchev–Trinajstić information content (AvgIpc) is 3.24. The molecule has 0 aliphatic carbocycles. The van der Waals surface area contributed by atoms with Crippen molar-refractivity contribution in [1.29, 1.82) is 0 Å². The normalized spacial score (nSPS) is 18.7. The molecule has 1 heterocycles. The second kappa shape index (κ2) is 10.6. The van der Waals surface area contributed by atoms with E-state index in [9.17, 15) is 19.5 Å². The van der Waals surface area contributed by atoms with Crippen molar-refractivity contribution in [2.24, 2.45) is 0 Å². The van der Waals surface area contributed by atoms with E-state index in [1.54, 1.807) is 42.5 Å². The Morgan fingerprint density at radius 3 is 2.25 bits per heavy atom. The Labute approximate surface area is 192 Å². The van der Waals surface area contributed by atoms with E-state index < -0.39 is 36.1 Å². The van der Waals surface area contributed by atoms with E-state index in [-0.39, 0.29) is 19.8 Å². The summed E-state index contributed by atoms with van der Waals surface area (Å²) in [5.41, 5.74) is 1.26. The maximum atomic E-state index is 12.3. The van der Waals surface area contributed by atoms with E-state index in [1.807, 2.05) is 0 Å². The minimum absolute atomic E-state index is 0.0387. The van der Waals surface area contributed by atoms with Crippen LogP contribution in [0.1, 0.15) is 11.1 Å². The Morgan fingerprint density at radius 2 is 1.66 bits per heavy atom. The molecule has 1 saturated heterocycles. The van der Waals surface area contributed by atoms with Crippen LogP contribution in [0.4, 0.5) is 0 Å². The number of nitrogens with one attached hydrogen (secondary N) is 1. The van der Waals surface area contributed by atoms with Crippen LogP contribution >= 0.6 is 23.2 Å². The van der Waals surface area contributed by atoms with Gasteiger partial charge in [-0.05, 0) is 29.8 Å². The van der Waals surface area contributed by atoms with Gasteiger partial charge < -0.3 is 29.7 Å². The fraction of sp³-hybridized carbons (Fsp3) is 0.286. The van der Waals surface area contributed by atoms with Crippen LogP contribution in [0, 0.1) is 0 Å². The molecule has 1 aliphatic rings. The summed E-state index contributed by atoms with van der Waals surface area (Å²) in [5.74, 6) is -3.01. The number of aliphatic carboxylic acids is 2. The van der Waals surface area contributed by atoms with Crippen LogP contribution in [0.25, 0.3) is 0 Å². The summed E-state index contributed by atoms with van der Waals surface area (Å²) in [6.07, 6.45) is -2.96. The number of hydrogen-bond acceptors (Lipinski definition) is 6. The van der Waals surface area contributed by atoms with Gasteiger partial charge in [0.15, 0.2) is 12.2 Å². The summed E-state index contributed by atoms with van der Waals surface area (Å²) < 4.78 is 15.5. The minimum Gasteiger partial charge on any atom is -0.489 e. The Morgan fingerprint density at radius 1 is 1.03 bits per heavy atom. The smallest absolute Gasteiger partial charge is 0.336 e. The number of benzene rings is 2. The Bertz CT molecular complexity index is 978. The SMILES string of the molecule is O=C(O)[C@H](Cc1ccc(OCc2c(Cl)cccc2Cl)cc1)NC(=O)[C@@H]1OCO[C@H]1C(=O)O. The Balaban J connectivity index is 1.60. The molecular formula is C21H19Cl2NO8. The first-order chi connectivity index (χ1) is 15.3. The van der Waals surface area contributed by atoms with Crippen molar-refractivity contribution in [1.82, 2.24) is 5.32 Å². The molecule has 11 heteroatoms. The average molecular weight is 484 g/mol. The molecule has 0 aromatic heterocycles. The molecule has 1 amide bonds. The van der Waals surface area contributed by atoms with Crippen molar-refractivity contribution in [2.75, 3.05) is 6.79 Å². The molecule has 9 nitrogen and oxygen atoms in total. The maximum absolute atomic E-state index is 12.3. The van der Waals surface area contributed by atoms with Crippen LogP contribution in [0.3, 0.4) is 0 Å². The molecule has 3 atom stereocenters. The second-order valence-electron chi connectivity index (χ2n) is 6.87. The molecule has 1 aliphatic heterocycles. The molecule has 0 spiro atoms. The predicted molar refractivity (Wildman–Crippen MR) is 113 cm³/mol. The highest BCUT2D eigenvalue weighted by molar-refractivity contribution is 6.35. The standard InChI is InChI=1S/C21H19Cl2NO8/c22-14-2-1-3-15(23)13(14)9-30-12-6-4-11(5-7-12)8-16(20(26)27)24-19(25)17-18(21(28)29)32-10-31-17/h1-7,16-18H,8-10H2,(H,24,25)(H,26,27)(H,28,29)/t16-,17+,18+/m0/s1. The van der Waals surface area contributed by atoms with E-state index in [0.29, 0.717) is 26.9 Å². The summed E-state index contributed by atoms with van der Waals surface area (Å²) in [5, 5.41) is 21.8. The fourth-order valence-corrected chi connectivity index (χ4v) is 3.52. The zero-order valence-corrected chi connectivity index (χ0v) is 18.0. The van der Waals surface area contributed by atoms with Gasteiger partial charge in [-0.25, -0.2) is 9.59 Å². The van der Waals surface area contributed by atoms with Gasteiger partial charge in [-0.15, -0.1) is 0 Å². The molecule has 2 aromatic rings. The summed E-state index contributed by atoms with van der Waals surface area (Å²) >= 11 is 12.2. The minimum atomic E-state index is -1.49. The molecule has 32 heavy (non-hydrogen) atoms. The van der Waals surface area contributed by atoms with Crippen LogP contribution in [0.2, 0.25) is 10.0 Å². The quantitative estimate of drug-likeness (QED) is 0.495. The number of carboxylic acid groups (broad SMARTS) is 2. The van der Waals surface area contributed by atoms with Crippen molar-refractivity contribution in [2.45, 2.75) is 31.3 Å². The number of hydrogen-bond donors (Lipinski definition) is 3. The van der Waals surface area contributed by atoms with Crippen molar-refractivity contribution < 1.29 is 38.8 Å². The molecule has 0 bridgehead atoms. The van der Waals surface area contributed by atoms with Crippen LogP contribution in [-0.2, 0) is 36.9 Å². The van der Waals surface area contributed by atoms with E-state index in [0.717, 1.165) is 0 Å². The van der Waals surface area contributed by atoms with Gasteiger partial charge in [0.2, 0.25) is 0 Å². The van der Waals surface area contributed by atoms with Crippen molar-refractivity contribution in [3.63, 3.8) is 0 Å². The number of carbonyl (C=O) groups excluding carboxylic acids is 1. The summed E-state index contributed by atoms with van der Waals surface area (Å²) in [6, 6.07) is 10.4. The van der Waals surface area contributed by atoms with Crippen LogP contribution < -0.4 is 10.1 Å². The summed E-state index contributed by atoms with van der Waals surface area (Å²) in [6.45, 7) is -0.215. The van der Waals surface area contributed by atoms with Gasteiger partial charge in [0.1, 0.15) is 25.2 Å². The van der Waals surface area contributed by atoms with E-state index in [4.69, 9.17) is 42.5 Å². The highest BCUT2D eigenvalue weighted by Crippen LogP contribution is 2.26. The zero-order valence-electron chi connectivity index (χ0n) is 16.5. The summed E-state index contributed by atoms with van der Waals surface area (Å²) in [4.78, 5) is 35.0. The van der Waals surface area contributed by atoms with Crippen molar-refractivity contribution in [3.05, 3.63) is 63.6 Å². The zero-order chi connectivity index (χ0) is 23.3. The molecular weight excluding hydrogens is 465 g/mol. The molecule has 170 valence electrons. The molecule has 0 saturated carbocycles. The first kappa shape index (κ1) is 23.8. The van der Waals surface area contributed by atoms with E-state index in [1.165, 1.54) is 0 Å². The molecule has 0 unspecified atom stereocenters. The van der Waals surface area contributed by atoms with Crippen LogP contribution in [-0.4, -0.2) is 53.1 Å². The lowest BCUT2D eigenvalue weighted by molar-refractivity contribution is -0.151. The lowest BCUT2D eigenvalue weighted by Crippen LogP contribution is -2.50. The summed E-state index contributed by atoms with van der Waals surface area (Å²) in [7, 11) is 0. The van der Waals surface area contributed by atoms with Gasteiger partial charge in [-0.1, -0.05) is 41.4 Å². The first-order valence-electron chi connectivity index (χ1n) is 9.40. The third kappa shape index (κ3) is 5.89. The molecule has 3 rings (SSSR count). The van der Waals surface area contributed by atoms with Gasteiger partial charge >= 0.3 is 11.9 Å². The van der Waals surface area contributed by atoms with Crippen LogP contribution in [0.15, 0.2) is 42.5 Å². The topological polar surface area (TPSA) is 131 Å². The maximum Gasteiger partial charge on any atom is 0.336 e. The number of amides is 1. The lowest BCUT2D eigenvalue weighted by Gasteiger charge is -2.18. The van der Waals surface area contributed by atoms with Gasteiger partial charge in [-0.3, -0.25) is 4.79 Å². The number of carboxylic acids is 2. The molecule has 0 radical (unpaired) electrons. The van der Waals surface area contributed by atoms with E-state index in [2.05, 4.69) is 5.32 Å². The molecule has 2 aromatic carbocycles. The molecule has 3 N–H and O–H groups in total. The second-order valence-corrected chi connectivity index (χ2v) is 7.68. The largest absolute Gasteiger partial charge is 0.489 e. The monoisotopic (exact) mass is 483 g/mol. The highest BCUT2D eigenvalue weighted by Gasteiger charge is 2.41. The number of halogens is 2. The van der Waals surface area contributed by atoms with Crippen LogP contribution in [0.5, 0.6) is 5.75 Å². The van der Waals surface area contributed by atoms with Gasteiger partial charge in [0.25, 0.3) is 5.91 Å². The van der Waals surface area contributed by atoms with Crippen molar-refractivity contribution >= 4 is 41.0 Å². The van der Waals surface area contributed by atoms with Crippen molar-refractivity contribution in [3.8, 4) is 5.75 Å². The third-order valence-electron chi connectivity index (χ3n) is 4.69. The predicted octanol–water partition coefficient (Wildman–Crippen LogP) is 2.51. The van der Waals surface area contributed by atoms with Gasteiger partial charge in [0, 0.05) is 22.0 Å². The number of ether oxygens (including phenoxy) is 3. The number of rotatable bonds is 9. The number of carbonyl (C=O) groups is 3. The first-order valence-corrected chi connectivity index (χ1v) is 10.2. The molecule has 1 fully saturated rings. The third-order valence-corrected chi connectivity index (χ3v) is 5.40. The fourth-order valence-electron chi connectivity index (χ4n) is 3.01. The Kier molecular flexibility index (Phi) is 7.92. The lowest BCUT2D eigenvalue weighted by atomic mass is 10.0. The van der Waals surface area contributed by atoms with Gasteiger partial charge in [0.05, 0.1) is 0 Å².